The molecule has 94 valence electrons. The first-order valence-electron chi connectivity index (χ1n) is 5.79. The maximum absolute atomic E-state index is 11.7. The smallest absolute Gasteiger partial charge is 0.342 e. The Kier molecular flexibility index (Phi) is 3.58. The van der Waals surface area contributed by atoms with Gasteiger partial charge >= 0.3 is 5.69 Å². The molecule has 1 aliphatic rings. The third-order valence-electron chi connectivity index (χ3n) is 3.05. The van der Waals surface area contributed by atoms with Crippen LogP contribution in [-0.2, 0) is 0 Å². The molecule has 1 saturated heterocycles. The normalized spacial score (nSPS) is 21.2. The second-order valence-corrected chi connectivity index (χ2v) is 4.21. The van der Waals surface area contributed by atoms with E-state index in [1.165, 1.54) is 0 Å². The van der Waals surface area contributed by atoms with Gasteiger partial charge in [0.2, 0.25) is 5.82 Å². The van der Waals surface area contributed by atoms with Gasteiger partial charge in [0.05, 0.1) is 12.6 Å². The van der Waals surface area contributed by atoms with Crippen LogP contribution in [0.1, 0.15) is 25.7 Å². The number of aliphatic hydroxyl groups is 1. The molecule has 0 amide bonds. The highest BCUT2D eigenvalue weighted by molar-refractivity contribution is 5.36. The zero-order chi connectivity index (χ0) is 12.3. The number of nitrogens with one attached hydrogen (secondary N) is 2. The highest BCUT2D eigenvalue weighted by Gasteiger charge is 2.23. The lowest BCUT2D eigenvalue weighted by Crippen LogP contribution is -2.43. The molecule has 2 heterocycles. The number of aliphatic hydroxyl groups excluding tert-OH is 1. The van der Waals surface area contributed by atoms with E-state index >= 15 is 0 Å². The number of aromatic nitrogens is 3. The molecule has 1 atom stereocenters. The van der Waals surface area contributed by atoms with Crippen molar-refractivity contribution < 1.29 is 5.11 Å². The van der Waals surface area contributed by atoms with Gasteiger partial charge in [0.15, 0.2) is 0 Å². The fraction of sp³-hybridized carbons (Fsp3) is 0.700. The van der Waals surface area contributed by atoms with Crippen LogP contribution in [0.25, 0.3) is 0 Å². The van der Waals surface area contributed by atoms with Gasteiger partial charge in [0, 0.05) is 6.54 Å². The third kappa shape index (κ3) is 2.55. The molecule has 1 unspecified atom stereocenters. The number of hydrogen-bond acceptors (Lipinski definition) is 5. The quantitative estimate of drug-likeness (QED) is 0.628. The minimum absolute atomic E-state index is 0.0136. The minimum Gasteiger partial charge on any atom is -0.394 e. The minimum atomic E-state index is -0.617. The number of aromatic amines is 2. The molecule has 1 aromatic rings. The summed E-state index contributed by atoms with van der Waals surface area (Å²) in [6.07, 6.45) is 3.89. The van der Waals surface area contributed by atoms with Crippen LogP contribution in [0.2, 0.25) is 0 Å². The predicted molar refractivity (Wildman–Crippen MR) is 62.2 cm³/mol. The molecule has 7 heteroatoms. The van der Waals surface area contributed by atoms with Gasteiger partial charge in [-0.05, 0) is 12.8 Å². The van der Waals surface area contributed by atoms with Crippen LogP contribution in [-0.4, -0.2) is 39.5 Å². The van der Waals surface area contributed by atoms with Crippen molar-refractivity contribution >= 4 is 5.82 Å². The number of nitrogens with zero attached hydrogens (tertiary/aromatic N) is 2. The first-order chi connectivity index (χ1) is 8.22. The van der Waals surface area contributed by atoms with Crippen molar-refractivity contribution in [1.82, 2.24) is 15.2 Å². The largest absolute Gasteiger partial charge is 0.394 e. The van der Waals surface area contributed by atoms with Crippen LogP contribution in [0.5, 0.6) is 0 Å². The summed E-state index contributed by atoms with van der Waals surface area (Å²) in [6, 6.07) is -0.1000. The molecule has 1 aromatic heterocycles. The Morgan fingerprint density at radius 3 is 2.88 bits per heavy atom. The van der Waals surface area contributed by atoms with Crippen LogP contribution >= 0.6 is 0 Å². The Morgan fingerprint density at radius 2 is 2.18 bits per heavy atom. The summed E-state index contributed by atoms with van der Waals surface area (Å²) in [5, 5.41) is 15.3. The summed E-state index contributed by atoms with van der Waals surface area (Å²) >= 11 is 0. The molecule has 0 bridgehead atoms. The Balaban J connectivity index is 2.34. The number of rotatable bonds is 2. The summed E-state index contributed by atoms with van der Waals surface area (Å²) in [5.74, 6) is 0.186. The van der Waals surface area contributed by atoms with E-state index in [1.54, 1.807) is 4.90 Å². The van der Waals surface area contributed by atoms with Gasteiger partial charge in [-0.1, -0.05) is 12.8 Å². The summed E-state index contributed by atoms with van der Waals surface area (Å²) in [4.78, 5) is 26.5. The van der Waals surface area contributed by atoms with Crippen molar-refractivity contribution in [2.75, 3.05) is 18.1 Å². The second-order valence-electron chi connectivity index (χ2n) is 4.21. The van der Waals surface area contributed by atoms with Gasteiger partial charge in [-0.15, -0.1) is 5.10 Å². The van der Waals surface area contributed by atoms with E-state index in [9.17, 15) is 14.7 Å². The Hall–Kier alpha value is -1.63. The monoisotopic (exact) mass is 240 g/mol. The zero-order valence-corrected chi connectivity index (χ0v) is 9.48. The summed E-state index contributed by atoms with van der Waals surface area (Å²) in [7, 11) is 0. The maximum atomic E-state index is 11.7. The molecule has 0 saturated carbocycles. The Labute approximate surface area is 97.5 Å². The summed E-state index contributed by atoms with van der Waals surface area (Å²) < 4.78 is 0. The maximum Gasteiger partial charge on any atom is 0.342 e. The van der Waals surface area contributed by atoms with E-state index < -0.39 is 11.2 Å². The first-order valence-corrected chi connectivity index (χ1v) is 5.79. The van der Waals surface area contributed by atoms with Gasteiger partial charge in [-0.2, -0.15) is 0 Å². The van der Waals surface area contributed by atoms with Crippen LogP contribution in [0.3, 0.4) is 0 Å². The second kappa shape index (κ2) is 5.13. The Morgan fingerprint density at radius 1 is 1.35 bits per heavy atom. The molecule has 0 aliphatic carbocycles. The van der Waals surface area contributed by atoms with E-state index in [0.29, 0.717) is 6.54 Å². The number of anilines is 1. The summed E-state index contributed by atoms with van der Waals surface area (Å²) in [6.45, 7) is 0.660. The average molecular weight is 240 g/mol. The number of hydrogen-bond donors (Lipinski definition) is 3. The van der Waals surface area contributed by atoms with E-state index in [2.05, 4.69) is 15.2 Å². The SMILES string of the molecule is O=c1[nH]nc(N2CCCCCC2CO)c(=O)[nH]1. The molecule has 0 spiro atoms. The van der Waals surface area contributed by atoms with E-state index in [4.69, 9.17) is 0 Å². The van der Waals surface area contributed by atoms with Crippen LogP contribution < -0.4 is 16.1 Å². The lowest BCUT2D eigenvalue weighted by atomic mass is 10.1. The number of H-pyrrole nitrogens is 2. The van der Waals surface area contributed by atoms with Crippen LogP contribution in [0.15, 0.2) is 9.59 Å². The topological polar surface area (TPSA) is 102 Å². The van der Waals surface area contributed by atoms with Crippen LogP contribution in [0.4, 0.5) is 5.82 Å². The highest BCUT2D eigenvalue weighted by atomic mass is 16.3. The molecule has 2 rings (SSSR count). The molecular formula is C10H16N4O3. The lowest BCUT2D eigenvalue weighted by molar-refractivity contribution is 0.254. The molecule has 0 aromatic carbocycles. The van der Waals surface area contributed by atoms with Gasteiger partial charge in [-0.3, -0.25) is 9.78 Å². The van der Waals surface area contributed by atoms with Crippen LogP contribution in [0, 0.1) is 0 Å². The lowest BCUT2D eigenvalue weighted by Gasteiger charge is -2.28. The molecule has 0 radical (unpaired) electrons. The van der Waals surface area contributed by atoms with Gasteiger partial charge in [-0.25, -0.2) is 9.89 Å². The molecule has 3 N–H and O–H groups in total. The van der Waals surface area contributed by atoms with Crippen molar-refractivity contribution in [3.63, 3.8) is 0 Å². The van der Waals surface area contributed by atoms with Crippen molar-refractivity contribution in [3.05, 3.63) is 20.8 Å². The molecular weight excluding hydrogens is 224 g/mol. The molecule has 17 heavy (non-hydrogen) atoms. The molecule has 7 nitrogen and oxygen atoms in total. The van der Waals surface area contributed by atoms with Crippen molar-refractivity contribution in [2.45, 2.75) is 31.7 Å². The average Bonchev–Trinajstić information content (AvgIpc) is 2.54. The third-order valence-corrected chi connectivity index (χ3v) is 3.05. The fourth-order valence-electron chi connectivity index (χ4n) is 2.18. The van der Waals surface area contributed by atoms with Gasteiger partial charge in [0.25, 0.3) is 5.56 Å². The predicted octanol–water partition coefficient (Wildman–Crippen LogP) is -0.801. The van der Waals surface area contributed by atoms with E-state index in [0.717, 1.165) is 25.7 Å². The zero-order valence-electron chi connectivity index (χ0n) is 9.48. The van der Waals surface area contributed by atoms with Gasteiger partial charge in [0.1, 0.15) is 0 Å². The van der Waals surface area contributed by atoms with E-state index in [-0.39, 0.29) is 18.5 Å². The highest BCUT2D eigenvalue weighted by Crippen LogP contribution is 2.19. The summed E-state index contributed by atoms with van der Waals surface area (Å²) in [5.41, 5.74) is -1.12. The fourth-order valence-corrected chi connectivity index (χ4v) is 2.18. The van der Waals surface area contributed by atoms with E-state index in [1.807, 2.05) is 0 Å². The molecule has 1 aliphatic heterocycles. The van der Waals surface area contributed by atoms with Gasteiger partial charge < -0.3 is 10.0 Å². The van der Waals surface area contributed by atoms with Crippen molar-refractivity contribution in [2.24, 2.45) is 0 Å². The Bertz CT molecular complexity index is 481. The van der Waals surface area contributed by atoms with Crippen molar-refractivity contribution in [1.29, 1.82) is 0 Å². The first kappa shape index (κ1) is 11.8. The molecule has 1 fully saturated rings. The standard InChI is InChI=1S/C10H16N4O3/c15-6-7-4-2-1-3-5-14(7)8-9(16)11-10(17)13-12-8/h7,15H,1-6H2,(H2,11,13,16,17). The van der Waals surface area contributed by atoms with Crippen molar-refractivity contribution in [3.8, 4) is 0 Å².